The summed E-state index contributed by atoms with van der Waals surface area (Å²) in [5.74, 6) is 0.296. The Hall–Kier alpha value is -2.48. The Balaban J connectivity index is 1.65. The van der Waals surface area contributed by atoms with Gasteiger partial charge in [0, 0.05) is 18.7 Å². The van der Waals surface area contributed by atoms with Gasteiger partial charge in [0.25, 0.3) is 0 Å². The lowest BCUT2D eigenvalue weighted by atomic mass is 10.1. The van der Waals surface area contributed by atoms with Gasteiger partial charge in [0.15, 0.2) is 10.6 Å². The summed E-state index contributed by atoms with van der Waals surface area (Å²) in [6.45, 7) is 3.60. The van der Waals surface area contributed by atoms with Gasteiger partial charge in [0.1, 0.15) is 6.54 Å². The average molecular weight is 359 g/mol. The molecule has 25 heavy (non-hydrogen) atoms. The molecule has 2 N–H and O–H groups in total. The Bertz CT molecular complexity index is 818. The second kappa shape index (κ2) is 7.60. The van der Waals surface area contributed by atoms with Gasteiger partial charge in [-0.05, 0) is 32.0 Å². The van der Waals surface area contributed by atoms with E-state index in [9.17, 15) is 9.59 Å². The number of likely N-dealkylation sites (tertiary alicyclic amines) is 1. The molecule has 1 fully saturated rings. The fourth-order valence-electron chi connectivity index (χ4n) is 2.84. The lowest BCUT2D eigenvalue weighted by molar-refractivity contribution is -0.132. The molecule has 0 spiro atoms. The summed E-state index contributed by atoms with van der Waals surface area (Å²) in [4.78, 5) is 26.0. The minimum absolute atomic E-state index is 0.0177. The molecule has 2 amide bonds. The number of amides is 2. The largest absolute Gasteiger partial charge is 0.345 e. The highest BCUT2D eigenvalue weighted by Gasteiger charge is 2.19. The highest BCUT2D eigenvalue weighted by atomic mass is 32.1. The van der Waals surface area contributed by atoms with E-state index in [1.807, 2.05) is 31.2 Å². The summed E-state index contributed by atoms with van der Waals surface area (Å²) >= 11 is 5.23. The molecule has 0 aliphatic carbocycles. The van der Waals surface area contributed by atoms with Crippen LogP contribution in [0.5, 0.6) is 0 Å². The molecule has 1 aromatic carbocycles. The van der Waals surface area contributed by atoms with Gasteiger partial charge in [-0.2, -0.15) is 5.10 Å². The summed E-state index contributed by atoms with van der Waals surface area (Å²) < 4.78 is 2.01. The van der Waals surface area contributed by atoms with Crippen LogP contribution in [0.3, 0.4) is 0 Å². The van der Waals surface area contributed by atoms with Gasteiger partial charge >= 0.3 is 0 Å². The highest BCUT2D eigenvalue weighted by molar-refractivity contribution is 7.71. The maximum Gasteiger partial charge on any atom is 0.241 e. The molecule has 3 rings (SSSR count). The van der Waals surface area contributed by atoms with E-state index in [4.69, 9.17) is 12.2 Å². The molecule has 0 saturated carbocycles. The minimum atomic E-state index is -0.265. The average Bonchev–Trinajstić information content (AvgIpc) is 3.25. The SMILES string of the molecule is Cc1ccc(-c2n[nH]c(=S)n2CC(=O)NCC(=O)N2CCCC2)cc1. The Kier molecular flexibility index (Phi) is 5.28. The lowest BCUT2D eigenvalue weighted by Gasteiger charge is -2.15. The first-order valence-electron chi connectivity index (χ1n) is 8.31. The Morgan fingerprint density at radius 1 is 1.24 bits per heavy atom. The van der Waals surface area contributed by atoms with Crippen molar-refractivity contribution in [3.63, 3.8) is 0 Å². The van der Waals surface area contributed by atoms with Crippen molar-refractivity contribution < 1.29 is 9.59 Å². The monoisotopic (exact) mass is 359 g/mol. The molecule has 2 aromatic rings. The summed E-state index contributed by atoms with van der Waals surface area (Å²) in [6, 6.07) is 7.83. The van der Waals surface area contributed by atoms with Crippen molar-refractivity contribution in [1.82, 2.24) is 25.0 Å². The molecular weight excluding hydrogens is 338 g/mol. The zero-order valence-electron chi connectivity index (χ0n) is 14.1. The zero-order chi connectivity index (χ0) is 17.8. The van der Waals surface area contributed by atoms with Crippen LogP contribution in [-0.4, -0.2) is 51.1 Å². The fraction of sp³-hybridized carbons (Fsp3) is 0.412. The van der Waals surface area contributed by atoms with Crippen LogP contribution in [0.15, 0.2) is 24.3 Å². The Morgan fingerprint density at radius 2 is 1.92 bits per heavy atom. The maximum atomic E-state index is 12.2. The number of hydrogen-bond donors (Lipinski definition) is 2. The van der Waals surface area contributed by atoms with Gasteiger partial charge < -0.3 is 10.2 Å². The summed E-state index contributed by atoms with van der Waals surface area (Å²) in [7, 11) is 0. The third-order valence-corrected chi connectivity index (χ3v) is 4.58. The standard InChI is InChI=1S/C17H21N5O2S/c1-12-4-6-13(7-5-12)16-19-20-17(25)22(16)11-14(23)18-10-15(24)21-8-2-3-9-21/h4-7H,2-3,8-11H2,1H3,(H,18,23)(H,20,25). The Labute approximate surface area is 151 Å². The van der Waals surface area contributed by atoms with Crippen LogP contribution < -0.4 is 5.32 Å². The van der Waals surface area contributed by atoms with Crippen LogP contribution in [0.1, 0.15) is 18.4 Å². The number of aryl methyl sites for hydroxylation is 1. The molecule has 1 saturated heterocycles. The van der Waals surface area contributed by atoms with Gasteiger partial charge in [0.05, 0.1) is 6.54 Å². The van der Waals surface area contributed by atoms with E-state index in [1.165, 1.54) is 0 Å². The van der Waals surface area contributed by atoms with Crippen LogP contribution in [0.25, 0.3) is 11.4 Å². The van der Waals surface area contributed by atoms with Gasteiger partial charge in [-0.25, -0.2) is 0 Å². The first-order valence-corrected chi connectivity index (χ1v) is 8.72. The second-order valence-corrected chi connectivity index (χ2v) is 6.56. The normalized spacial score (nSPS) is 13.9. The molecule has 0 radical (unpaired) electrons. The van der Waals surface area contributed by atoms with Crippen molar-refractivity contribution >= 4 is 24.0 Å². The molecule has 2 heterocycles. The molecule has 132 valence electrons. The number of benzene rings is 1. The fourth-order valence-corrected chi connectivity index (χ4v) is 3.04. The van der Waals surface area contributed by atoms with Crippen molar-refractivity contribution in [2.75, 3.05) is 19.6 Å². The summed E-state index contributed by atoms with van der Waals surface area (Å²) in [6.07, 6.45) is 2.06. The van der Waals surface area contributed by atoms with Crippen molar-refractivity contribution in [3.8, 4) is 11.4 Å². The van der Waals surface area contributed by atoms with Crippen molar-refractivity contribution in [1.29, 1.82) is 0 Å². The number of aromatic nitrogens is 3. The predicted octanol–water partition coefficient (Wildman–Crippen LogP) is 1.65. The zero-order valence-corrected chi connectivity index (χ0v) is 14.9. The number of carbonyl (C=O) groups is 2. The van der Waals surface area contributed by atoms with Crippen molar-refractivity contribution in [3.05, 3.63) is 34.6 Å². The number of hydrogen-bond acceptors (Lipinski definition) is 4. The number of rotatable bonds is 5. The summed E-state index contributed by atoms with van der Waals surface area (Å²) in [5, 5.41) is 9.62. The third kappa shape index (κ3) is 4.14. The van der Waals surface area contributed by atoms with Crippen LogP contribution in [-0.2, 0) is 16.1 Å². The van der Waals surface area contributed by atoms with E-state index in [-0.39, 0.29) is 24.9 Å². The molecule has 1 aliphatic rings. The van der Waals surface area contributed by atoms with Crippen LogP contribution in [0, 0.1) is 11.7 Å². The number of H-pyrrole nitrogens is 1. The van der Waals surface area contributed by atoms with E-state index in [0.717, 1.165) is 37.1 Å². The number of nitrogens with zero attached hydrogens (tertiary/aromatic N) is 3. The summed E-state index contributed by atoms with van der Waals surface area (Å²) in [5.41, 5.74) is 2.02. The first kappa shape index (κ1) is 17.3. The minimum Gasteiger partial charge on any atom is -0.345 e. The molecule has 0 unspecified atom stereocenters. The number of aromatic amines is 1. The van der Waals surface area contributed by atoms with E-state index in [0.29, 0.717) is 10.6 Å². The quantitative estimate of drug-likeness (QED) is 0.796. The van der Waals surface area contributed by atoms with Crippen molar-refractivity contribution in [2.45, 2.75) is 26.3 Å². The predicted molar refractivity (Wildman–Crippen MR) is 96.4 cm³/mol. The lowest BCUT2D eigenvalue weighted by Crippen LogP contribution is -2.39. The van der Waals surface area contributed by atoms with Gasteiger partial charge in [0.2, 0.25) is 11.8 Å². The van der Waals surface area contributed by atoms with Crippen LogP contribution >= 0.6 is 12.2 Å². The van der Waals surface area contributed by atoms with Gasteiger partial charge in [-0.15, -0.1) is 0 Å². The van der Waals surface area contributed by atoms with E-state index >= 15 is 0 Å². The number of nitrogens with one attached hydrogen (secondary N) is 2. The molecular formula is C17H21N5O2S. The second-order valence-electron chi connectivity index (χ2n) is 6.17. The van der Waals surface area contributed by atoms with E-state index < -0.39 is 0 Å². The smallest absolute Gasteiger partial charge is 0.241 e. The maximum absolute atomic E-state index is 12.2. The molecule has 0 atom stereocenters. The molecule has 7 nitrogen and oxygen atoms in total. The molecule has 8 heteroatoms. The molecule has 1 aliphatic heterocycles. The molecule has 0 bridgehead atoms. The molecule has 1 aromatic heterocycles. The Morgan fingerprint density at radius 3 is 2.60 bits per heavy atom. The highest BCUT2D eigenvalue weighted by Crippen LogP contribution is 2.17. The number of carbonyl (C=O) groups excluding carboxylic acids is 2. The van der Waals surface area contributed by atoms with Gasteiger partial charge in [-0.3, -0.25) is 19.3 Å². The van der Waals surface area contributed by atoms with E-state index in [2.05, 4.69) is 15.5 Å². The van der Waals surface area contributed by atoms with Crippen LogP contribution in [0.4, 0.5) is 0 Å². The first-order chi connectivity index (χ1) is 12.0. The van der Waals surface area contributed by atoms with Gasteiger partial charge in [-0.1, -0.05) is 29.8 Å². The van der Waals surface area contributed by atoms with Crippen LogP contribution in [0.2, 0.25) is 0 Å². The third-order valence-electron chi connectivity index (χ3n) is 4.27. The topological polar surface area (TPSA) is 83.0 Å². The van der Waals surface area contributed by atoms with Crippen molar-refractivity contribution in [2.24, 2.45) is 0 Å². The van der Waals surface area contributed by atoms with E-state index in [1.54, 1.807) is 9.47 Å².